The number of nitrogens with two attached hydrogens (primary N) is 1. The lowest BCUT2D eigenvalue weighted by Crippen LogP contribution is -2.41. The van der Waals surface area contributed by atoms with Gasteiger partial charge in [0.1, 0.15) is 6.61 Å². The minimum Gasteiger partial charge on any atom is -0.460 e. The van der Waals surface area contributed by atoms with Crippen LogP contribution >= 0.6 is 0 Å². The third-order valence-electron chi connectivity index (χ3n) is 4.06. The highest BCUT2D eigenvalue weighted by Gasteiger charge is 2.24. The number of hydrogen-bond donors (Lipinski definition) is 1. The molecule has 1 aromatic rings. The molecule has 1 aliphatic heterocycles. The molecule has 24 heavy (non-hydrogen) atoms. The number of anilines is 1. The first kappa shape index (κ1) is 18.3. The van der Waals surface area contributed by atoms with Crippen molar-refractivity contribution in [2.24, 2.45) is 11.7 Å². The third-order valence-corrected chi connectivity index (χ3v) is 4.06. The summed E-state index contributed by atoms with van der Waals surface area (Å²) in [4.78, 5) is 25.5. The first-order chi connectivity index (χ1) is 11.5. The van der Waals surface area contributed by atoms with E-state index in [4.69, 9.17) is 15.2 Å². The van der Waals surface area contributed by atoms with Crippen molar-refractivity contribution >= 4 is 17.6 Å². The molecule has 1 unspecified atom stereocenters. The number of esters is 1. The van der Waals surface area contributed by atoms with Crippen LogP contribution in [0.4, 0.5) is 5.69 Å². The zero-order chi connectivity index (χ0) is 17.5. The Morgan fingerprint density at radius 3 is 2.58 bits per heavy atom. The minimum atomic E-state index is -0.359. The van der Waals surface area contributed by atoms with Gasteiger partial charge in [0.05, 0.1) is 24.2 Å². The number of benzene rings is 1. The molecule has 2 N–H and O–H groups in total. The van der Waals surface area contributed by atoms with Gasteiger partial charge in [-0.05, 0) is 51.0 Å². The maximum atomic E-state index is 12.0. The molecule has 1 fully saturated rings. The fourth-order valence-corrected chi connectivity index (χ4v) is 2.75. The van der Waals surface area contributed by atoms with Crippen LogP contribution in [0.1, 0.15) is 37.0 Å². The van der Waals surface area contributed by atoms with E-state index in [0.717, 1.165) is 25.1 Å². The van der Waals surface area contributed by atoms with Crippen molar-refractivity contribution in [3.63, 3.8) is 0 Å². The van der Waals surface area contributed by atoms with Gasteiger partial charge in [-0.25, -0.2) is 4.79 Å². The van der Waals surface area contributed by atoms with E-state index >= 15 is 0 Å². The summed E-state index contributed by atoms with van der Waals surface area (Å²) in [5.74, 6) is -0.713. The standard InChI is InChI=1S/C18H26N2O4/c1-13(2)23-10-11-24-18(22)14-5-7-16(8-6-14)20-9-3-4-15(12-20)17(19)21/h5-8,13,15H,3-4,9-12H2,1-2H3,(H2,19,21). The molecular formula is C18H26N2O4. The van der Waals surface area contributed by atoms with Gasteiger partial charge in [0.2, 0.25) is 5.91 Å². The SMILES string of the molecule is CC(C)OCCOC(=O)c1ccc(N2CCCC(C(N)=O)C2)cc1. The molecule has 0 aliphatic carbocycles. The second-order valence-corrected chi connectivity index (χ2v) is 6.29. The number of amides is 1. The van der Waals surface area contributed by atoms with Gasteiger partial charge in [-0.3, -0.25) is 4.79 Å². The number of rotatable bonds is 7. The molecule has 6 heteroatoms. The van der Waals surface area contributed by atoms with Gasteiger partial charge < -0.3 is 20.1 Å². The van der Waals surface area contributed by atoms with E-state index in [0.29, 0.717) is 18.7 Å². The second kappa shape index (κ2) is 8.68. The van der Waals surface area contributed by atoms with Gasteiger partial charge in [-0.2, -0.15) is 0 Å². The molecule has 0 aromatic heterocycles. The molecule has 6 nitrogen and oxygen atoms in total. The zero-order valence-electron chi connectivity index (χ0n) is 14.4. The number of carbonyl (C=O) groups is 2. The fourth-order valence-electron chi connectivity index (χ4n) is 2.75. The lowest BCUT2D eigenvalue weighted by molar-refractivity contribution is -0.122. The van der Waals surface area contributed by atoms with Crippen molar-refractivity contribution in [3.8, 4) is 0 Å². The van der Waals surface area contributed by atoms with E-state index in [-0.39, 0.29) is 30.5 Å². The van der Waals surface area contributed by atoms with E-state index in [1.54, 1.807) is 12.1 Å². The Hall–Kier alpha value is -2.08. The van der Waals surface area contributed by atoms with Crippen molar-refractivity contribution in [2.75, 3.05) is 31.2 Å². The van der Waals surface area contributed by atoms with E-state index in [1.807, 2.05) is 26.0 Å². The molecule has 1 aliphatic rings. The maximum Gasteiger partial charge on any atom is 0.338 e. The summed E-state index contributed by atoms with van der Waals surface area (Å²) < 4.78 is 10.5. The summed E-state index contributed by atoms with van der Waals surface area (Å²) in [6.07, 6.45) is 1.90. The lowest BCUT2D eigenvalue weighted by atomic mass is 9.97. The summed E-state index contributed by atoms with van der Waals surface area (Å²) in [6.45, 7) is 6.02. The van der Waals surface area contributed by atoms with Crippen LogP contribution in [-0.4, -0.2) is 44.3 Å². The number of primary amides is 1. The molecule has 1 heterocycles. The smallest absolute Gasteiger partial charge is 0.338 e. The van der Waals surface area contributed by atoms with Gasteiger partial charge in [0.25, 0.3) is 0 Å². The van der Waals surface area contributed by atoms with E-state index < -0.39 is 0 Å². The number of hydrogen-bond acceptors (Lipinski definition) is 5. The first-order valence-electron chi connectivity index (χ1n) is 8.40. The normalized spacial score (nSPS) is 17.8. The van der Waals surface area contributed by atoms with Gasteiger partial charge >= 0.3 is 5.97 Å². The molecule has 1 saturated heterocycles. The van der Waals surface area contributed by atoms with Crippen LogP contribution in [0.25, 0.3) is 0 Å². The topological polar surface area (TPSA) is 81.9 Å². The van der Waals surface area contributed by atoms with Crippen LogP contribution in [0, 0.1) is 5.92 Å². The summed E-state index contributed by atoms with van der Waals surface area (Å²) in [5, 5.41) is 0. The Labute approximate surface area is 142 Å². The summed E-state index contributed by atoms with van der Waals surface area (Å²) in [7, 11) is 0. The van der Waals surface area contributed by atoms with E-state index in [1.165, 1.54) is 0 Å². The summed E-state index contributed by atoms with van der Waals surface area (Å²) in [5.41, 5.74) is 6.90. The Morgan fingerprint density at radius 1 is 1.25 bits per heavy atom. The highest BCUT2D eigenvalue weighted by molar-refractivity contribution is 5.89. The molecule has 1 amide bonds. The van der Waals surface area contributed by atoms with Crippen LogP contribution in [0.15, 0.2) is 24.3 Å². The van der Waals surface area contributed by atoms with Crippen molar-refractivity contribution in [3.05, 3.63) is 29.8 Å². The van der Waals surface area contributed by atoms with Crippen LogP contribution in [0.3, 0.4) is 0 Å². The molecule has 0 spiro atoms. The number of ether oxygens (including phenoxy) is 2. The Kier molecular flexibility index (Phi) is 6.61. The number of piperidine rings is 1. The molecule has 1 atom stereocenters. The van der Waals surface area contributed by atoms with Crippen LogP contribution in [0.5, 0.6) is 0 Å². The lowest BCUT2D eigenvalue weighted by Gasteiger charge is -2.33. The van der Waals surface area contributed by atoms with Crippen molar-refractivity contribution in [1.82, 2.24) is 0 Å². The van der Waals surface area contributed by atoms with Crippen LogP contribution in [0.2, 0.25) is 0 Å². The summed E-state index contributed by atoms with van der Waals surface area (Å²) >= 11 is 0. The number of carbonyl (C=O) groups excluding carboxylic acids is 2. The van der Waals surface area contributed by atoms with Gasteiger partial charge in [0.15, 0.2) is 0 Å². The van der Waals surface area contributed by atoms with Gasteiger partial charge in [0, 0.05) is 18.8 Å². The van der Waals surface area contributed by atoms with E-state index in [2.05, 4.69) is 4.90 Å². The Morgan fingerprint density at radius 2 is 1.96 bits per heavy atom. The molecule has 132 valence electrons. The molecule has 0 radical (unpaired) electrons. The van der Waals surface area contributed by atoms with E-state index in [9.17, 15) is 9.59 Å². The molecule has 0 saturated carbocycles. The Balaban J connectivity index is 1.88. The van der Waals surface area contributed by atoms with Crippen molar-refractivity contribution < 1.29 is 19.1 Å². The van der Waals surface area contributed by atoms with Crippen molar-refractivity contribution in [2.45, 2.75) is 32.8 Å². The summed E-state index contributed by atoms with van der Waals surface area (Å²) in [6, 6.07) is 7.25. The monoisotopic (exact) mass is 334 g/mol. The first-order valence-corrected chi connectivity index (χ1v) is 8.40. The predicted molar refractivity (Wildman–Crippen MR) is 91.9 cm³/mol. The quantitative estimate of drug-likeness (QED) is 0.609. The van der Waals surface area contributed by atoms with Gasteiger partial charge in [-0.1, -0.05) is 0 Å². The van der Waals surface area contributed by atoms with Gasteiger partial charge in [-0.15, -0.1) is 0 Å². The number of nitrogens with zero attached hydrogens (tertiary/aromatic N) is 1. The predicted octanol–water partition coefficient (Wildman–Crippen LogP) is 1.97. The van der Waals surface area contributed by atoms with Crippen LogP contribution in [-0.2, 0) is 14.3 Å². The fraction of sp³-hybridized carbons (Fsp3) is 0.556. The molecule has 1 aromatic carbocycles. The average molecular weight is 334 g/mol. The molecule has 2 rings (SSSR count). The zero-order valence-corrected chi connectivity index (χ0v) is 14.4. The largest absolute Gasteiger partial charge is 0.460 e. The molecular weight excluding hydrogens is 308 g/mol. The third kappa shape index (κ3) is 5.23. The average Bonchev–Trinajstić information content (AvgIpc) is 2.58. The Bertz CT molecular complexity index is 557. The molecule has 0 bridgehead atoms. The van der Waals surface area contributed by atoms with Crippen LogP contribution < -0.4 is 10.6 Å². The maximum absolute atomic E-state index is 12.0. The highest BCUT2D eigenvalue weighted by atomic mass is 16.6. The van der Waals surface area contributed by atoms with Crippen molar-refractivity contribution in [1.29, 1.82) is 0 Å². The highest BCUT2D eigenvalue weighted by Crippen LogP contribution is 2.23. The second-order valence-electron chi connectivity index (χ2n) is 6.29. The minimum absolute atomic E-state index is 0.107.